The van der Waals surface area contributed by atoms with Gasteiger partial charge < -0.3 is 10.1 Å². The van der Waals surface area contributed by atoms with Crippen LogP contribution in [0.4, 0.5) is 5.69 Å². The Balaban J connectivity index is 2.16. The van der Waals surface area contributed by atoms with Crippen molar-refractivity contribution in [2.24, 2.45) is 0 Å². The van der Waals surface area contributed by atoms with Crippen molar-refractivity contribution in [1.82, 2.24) is 5.32 Å². The summed E-state index contributed by atoms with van der Waals surface area (Å²) >= 11 is 0. The molecule has 0 saturated heterocycles. The summed E-state index contributed by atoms with van der Waals surface area (Å²) in [5, 5.41) is 2.49. The number of carbonyl (C=O) groups is 1. The van der Waals surface area contributed by atoms with Crippen LogP contribution in [0.3, 0.4) is 0 Å². The highest BCUT2D eigenvalue weighted by Gasteiger charge is 2.17. The summed E-state index contributed by atoms with van der Waals surface area (Å²) in [5.41, 5.74) is 2.45. The average molecular weight is 362 g/mol. The third-order valence-corrected chi connectivity index (χ3v) is 5.07. The highest BCUT2D eigenvalue weighted by molar-refractivity contribution is 7.92. The molecule has 6 nitrogen and oxygen atoms in total. The van der Waals surface area contributed by atoms with E-state index in [1.54, 1.807) is 13.0 Å². The van der Waals surface area contributed by atoms with Gasteiger partial charge in [-0.05, 0) is 56.7 Å². The first-order valence-electron chi connectivity index (χ1n) is 7.81. The minimum absolute atomic E-state index is 0.118. The van der Waals surface area contributed by atoms with Gasteiger partial charge in [0.15, 0.2) is 6.10 Å². The van der Waals surface area contributed by atoms with E-state index in [1.807, 2.05) is 26.0 Å². The quantitative estimate of drug-likeness (QED) is 0.827. The molecule has 0 fully saturated rings. The second-order valence-corrected chi connectivity index (χ2v) is 7.45. The second kappa shape index (κ2) is 7.57. The zero-order valence-electron chi connectivity index (χ0n) is 14.7. The molecular formula is C18H22N2O4S. The van der Waals surface area contributed by atoms with Crippen molar-refractivity contribution in [2.75, 3.05) is 11.8 Å². The number of hydrogen-bond donors (Lipinski definition) is 2. The van der Waals surface area contributed by atoms with Crippen molar-refractivity contribution in [3.8, 4) is 5.75 Å². The van der Waals surface area contributed by atoms with E-state index in [0.717, 1.165) is 11.1 Å². The maximum Gasteiger partial charge on any atom is 0.261 e. The lowest BCUT2D eigenvalue weighted by atomic mass is 10.1. The first kappa shape index (κ1) is 18.8. The summed E-state index contributed by atoms with van der Waals surface area (Å²) in [6.45, 7) is 5.41. The van der Waals surface area contributed by atoms with Gasteiger partial charge in [0.05, 0.1) is 10.6 Å². The zero-order chi connectivity index (χ0) is 18.6. The number of nitrogens with one attached hydrogen (secondary N) is 2. The summed E-state index contributed by atoms with van der Waals surface area (Å²) in [6.07, 6.45) is -0.666. The van der Waals surface area contributed by atoms with Gasteiger partial charge in [-0.3, -0.25) is 9.52 Å². The van der Waals surface area contributed by atoms with E-state index in [-0.39, 0.29) is 10.8 Å². The number of hydrogen-bond acceptors (Lipinski definition) is 4. The SMILES string of the molecule is CNC(=O)[C@@H](C)Oc1ccc(S(=O)(=O)Nc2ccc(C)cc2C)cc1. The van der Waals surface area contributed by atoms with Crippen LogP contribution in [0.1, 0.15) is 18.1 Å². The Labute approximate surface area is 148 Å². The summed E-state index contributed by atoms with van der Waals surface area (Å²) in [5.74, 6) is 0.162. The minimum Gasteiger partial charge on any atom is -0.481 e. The largest absolute Gasteiger partial charge is 0.481 e. The number of sulfonamides is 1. The van der Waals surface area contributed by atoms with Gasteiger partial charge in [-0.1, -0.05) is 17.7 Å². The Bertz CT molecular complexity index is 861. The molecule has 2 aromatic rings. The van der Waals surface area contributed by atoms with Gasteiger partial charge in [-0.15, -0.1) is 0 Å². The lowest BCUT2D eigenvalue weighted by Gasteiger charge is -2.14. The van der Waals surface area contributed by atoms with Gasteiger partial charge in [0.1, 0.15) is 5.75 Å². The highest BCUT2D eigenvalue weighted by atomic mass is 32.2. The molecule has 0 unspecified atom stereocenters. The molecule has 0 spiro atoms. The molecule has 0 saturated carbocycles. The van der Waals surface area contributed by atoms with Crippen LogP contribution in [0.5, 0.6) is 5.75 Å². The molecule has 0 aliphatic carbocycles. The van der Waals surface area contributed by atoms with Crippen LogP contribution in [0.25, 0.3) is 0 Å². The van der Waals surface area contributed by atoms with Crippen molar-refractivity contribution in [1.29, 1.82) is 0 Å². The number of rotatable bonds is 6. The molecule has 134 valence electrons. The van der Waals surface area contributed by atoms with E-state index in [2.05, 4.69) is 10.0 Å². The summed E-state index contributed by atoms with van der Waals surface area (Å²) in [6, 6.07) is 11.4. The lowest BCUT2D eigenvalue weighted by molar-refractivity contribution is -0.126. The maximum absolute atomic E-state index is 12.5. The van der Waals surface area contributed by atoms with Gasteiger partial charge in [-0.25, -0.2) is 8.42 Å². The number of benzene rings is 2. The van der Waals surface area contributed by atoms with Crippen LogP contribution in [-0.2, 0) is 14.8 Å². The maximum atomic E-state index is 12.5. The Morgan fingerprint density at radius 1 is 1.08 bits per heavy atom. The molecule has 1 atom stereocenters. The molecule has 0 bridgehead atoms. The molecule has 2 rings (SSSR count). The zero-order valence-corrected chi connectivity index (χ0v) is 15.5. The van der Waals surface area contributed by atoms with E-state index in [4.69, 9.17) is 4.74 Å². The average Bonchev–Trinajstić information content (AvgIpc) is 2.57. The van der Waals surface area contributed by atoms with E-state index in [1.165, 1.54) is 31.3 Å². The summed E-state index contributed by atoms with van der Waals surface area (Å²) in [4.78, 5) is 11.6. The summed E-state index contributed by atoms with van der Waals surface area (Å²) in [7, 11) is -2.18. The monoisotopic (exact) mass is 362 g/mol. The molecule has 0 radical (unpaired) electrons. The fourth-order valence-electron chi connectivity index (χ4n) is 2.29. The number of aryl methyl sites for hydroxylation is 2. The Kier molecular flexibility index (Phi) is 5.69. The smallest absolute Gasteiger partial charge is 0.261 e. The van der Waals surface area contributed by atoms with Crippen molar-refractivity contribution in [3.05, 3.63) is 53.6 Å². The second-order valence-electron chi connectivity index (χ2n) is 5.77. The van der Waals surface area contributed by atoms with E-state index in [9.17, 15) is 13.2 Å². The van der Waals surface area contributed by atoms with Crippen LogP contribution in [-0.4, -0.2) is 27.5 Å². The third-order valence-electron chi connectivity index (χ3n) is 3.69. The Hall–Kier alpha value is -2.54. The standard InChI is InChI=1S/C18H22N2O4S/c1-12-5-10-17(13(2)11-12)20-25(22,23)16-8-6-15(7-9-16)24-14(3)18(21)19-4/h5-11,14,20H,1-4H3,(H,19,21)/t14-/m1/s1. The molecule has 0 heterocycles. The fraction of sp³-hybridized carbons (Fsp3) is 0.278. The summed E-state index contributed by atoms with van der Waals surface area (Å²) < 4.78 is 33.1. The molecule has 25 heavy (non-hydrogen) atoms. The van der Waals surface area contributed by atoms with E-state index < -0.39 is 16.1 Å². The minimum atomic E-state index is -3.70. The molecule has 2 N–H and O–H groups in total. The van der Waals surface area contributed by atoms with Crippen LogP contribution < -0.4 is 14.8 Å². The van der Waals surface area contributed by atoms with Crippen LogP contribution in [0.2, 0.25) is 0 Å². The van der Waals surface area contributed by atoms with Crippen LogP contribution in [0, 0.1) is 13.8 Å². The molecule has 0 aromatic heterocycles. The number of carbonyl (C=O) groups excluding carboxylic acids is 1. The first-order valence-corrected chi connectivity index (χ1v) is 9.29. The molecule has 7 heteroatoms. The molecule has 2 aromatic carbocycles. The molecular weight excluding hydrogens is 340 g/mol. The van der Waals surface area contributed by atoms with Gasteiger partial charge in [-0.2, -0.15) is 0 Å². The van der Waals surface area contributed by atoms with Crippen molar-refractivity contribution in [3.63, 3.8) is 0 Å². The topological polar surface area (TPSA) is 84.5 Å². The van der Waals surface area contributed by atoms with Crippen molar-refractivity contribution < 1.29 is 17.9 Å². The predicted octanol–water partition coefficient (Wildman–Crippen LogP) is 2.62. The van der Waals surface area contributed by atoms with Crippen molar-refractivity contribution in [2.45, 2.75) is 31.8 Å². The Morgan fingerprint density at radius 3 is 2.28 bits per heavy atom. The van der Waals surface area contributed by atoms with Gasteiger partial charge in [0.25, 0.3) is 15.9 Å². The lowest BCUT2D eigenvalue weighted by Crippen LogP contribution is -2.33. The number of likely N-dealkylation sites (N-methyl/N-ethyl adjacent to an activating group) is 1. The molecule has 0 aliphatic rings. The molecule has 1 amide bonds. The van der Waals surface area contributed by atoms with E-state index >= 15 is 0 Å². The Morgan fingerprint density at radius 2 is 1.72 bits per heavy atom. The van der Waals surface area contributed by atoms with Gasteiger partial charge in [0.2, 0.25) is 0 Å². The van der Waals surface area contributed by atoms with Crippen LogP contribution >= 0.6 is 0 Å². The van der Waals surface area contributed by atoms with Crippen molar-refractivity contribution >= 4 is 21.6 Å². The number of anilines is 1. The van der Waals surface area contributed by atoms with Gasteiger partial charge in [0, 0.05) is 7.05 Å². The first-order chi connectivity index (χ1) is 11.7. The third kappa shape index (κ3) is 4.73. The highest BCUT2D eigenvalue weighted by Crippen LogP contribution is 2.22. The molecule has 0 aliphatic heterocycles. The van der Waals surface area contributed by atoms with Gasteiger partial charge >= 0.3 is 0 Å². The fourth-order valence-corrected chi connectivity index (χ4v) is 3.42. The number of amides is 1. The normalized spacial score (nSPS) is 12.3. The van der Waals surface area contributed by atoms with E-state index in [0.29, 0.717) is 11.4 Å². The van der Waals surface area contributed by atoms with Crippen LogP contribution in [0.15, 0.2) is 47.4 Å². The number of ether oxygens (including phenoxy) is 1. The predicted molar refractivity (Wildman–Crippen MR) is 97.3 cm³/mol.